The van der Waals surface area contributed by atoms with E-state index in [2.05, 4.69) is 15.5 Å². The van der Waals surface area contributed by atoms with Crippen molar-refractivity contribution in [3.05, 3.63) is 11.8 Å². The summed E-state index contributed by atoms with van der Waals surface area (Å²) in [6, 6.07) is 0.759. The molecule has 4 nitrogen and oxygen atoms in total. The predicted molar refractivity (Wildman–Crippen MR) is 69.5 cm³/mol. The minimum atomic E-state index is 0.519. The average molecular weight is 249 g/mol. The highest BCUT2D eigenvalue weighted by Gasteiger charge is 2.22. The smallest absolute Gasteiger partial charge is 0.219 e. The van der Waals surface area contributed by atoms with Crippen LogP contribution in [0.1, 0.15) is 69.1 Å². The van der Waals surface area contributed by atoms with E-state index in [1.807, 2.05) is 0 Å². The Morgan fingerprint density at radius 3 is 2.50 bits per heavy atom. The Morgan fingerprint density at radius 2 is 1.78 bits per heavy atom. The van der Waals surface area contributed by atoms with Gasteiger partial charge in [-0.2, -0.15) is 0 Å². The third kappa shape index (κ3) is 3.31. The summed E-state index contributed by atoms with van der Waals surface area (Å²) in [7, 11) is 0. The van der Waals surface area contributed by atoms with E-state index in [0.29, 0.717) is 5.92 Å². The molecule has 0 saturated heterocycles. The number of hydrogen-bond donors (Lipinski definition) is 1. The molecular weight excluding hydrogens is 226 g/mol. The van der Waals surface area contributed by atoms with Crippen LogP contribution in [0.3, 0.4) is 0 Å². The molecule has 1 heterocycles. The average Bonchev–Trinajstić information content (AvgIpc) is 3.14. The summed E-state index contributed by atoms with van der Waals surface area (Å²) in [5.74, 6) is 2.21. The van der Waals surface area contributed by atoms with Gasteiger partial charge >= 0.3 is 0 Å². The lowest BCUT2D eigenvalue weighted by Crippen LogP contribution is -2.19. The minimum absolute atomic E-state index is 0.519. The number of hydrogen-bond acceptors (Lipinski definition) is 4. The van der Waals surface area contributed by atoms with E-state index >= 15 is 0 Å². The Bertz CT molecular complexity index is 365. The molecule has 0 aliphatic heterocycles. The molecule has 2 saturated carbocycles. The second kappa shape index (κ2) is 5.83. The fraction of sp³-hybridized carbons (Fsp3) is 0.857. The highest BCUT2D eigenvalue weighted by atomic mass is 16.4. The molecule has 0 spiro atoms. The van der Waals surface area contributed by atoms with Gasteiger partial charge in [-0.05, 0) is 25.7 Å². The van der Waals surface area contributed by atoms with Crippen LogP contribution in [-0.4, -0.2) is 22.8 Å². The van der Waals surface area contributed by atoms with Crippen LogP contribution in [0.15, 0.2) is 4.42 Å². The van der Waals surface area contributed by atoms with E-state index < -0.39 is 0 Å². The molecule has 0 amide bonds. The van der Waals surface area contributed by atoms with Crippen molar-refractivity contribution in [3.8, 4) is 0 Å². The van der Waals surface area contributed by atoms with Gasteiger partial charge in [-0.15, -0.1) is 10.2 Å². The molecule has 2 fully saturated rings. The van der Waals surface area contributed by atoms with E-state index in [1.54, 1.807) is 0 Å². The summed E-state index contributed by atoms with van der Waals surface area (Å²) in [5, 5.41) is 11.9. The van der Waals surface area contributed by atoms with Gasteiger partial charge in [-0.1, -0.05) is 25.7 Å². The van der Waals surface area contributed by atoms with Crippen molar-refractivity contribution in [2.24, 2.45) is 0 Å². The van der Waals surface area contributed by atoms with Crippen molar-refractivity contribution < 1.29 is 4.42 Å². The summed E-state index contributed by atoms with van der Waals surface area (Å²) in [6.07, 6.45) is 11.3. The van der Waals surface area contributed by atoms with Gasteiger partial charge in [0, 0.05) is 24.9 Å². The maximum absolute atomic E-state index is 5.82. The first-order valence-corrected chi connectivity index (χ1v) is 7.47. The lowest BCUT2D eigenvalue weighted by Gasteiger charge is -2.07. The molecule has 4 heteroatoms. The zero-order chi connectivity index (χ0) is 12.2. The van der Waals surface area contributed by atoms with Crippen molar-refractivity contribution in [1.29, 1.82) is 0 Å². The second-order valence-corrected chi connectivity index (χ2v) is 5.70. The molecule has 0 atom stereocenters. The number of aromatic nitrogens is 2. The Morgan fingerprint density at radius 1 is 1.00 bits per heavy atom. The molecule has 0 unspecified atom stereocenters. The molecule has 0 aromatic carbocycles. The minimum Gasteiger partial charge on any atom is -0.425 e. The van der Waals surface area contributed by atoms with Crippen LogP contribution >= 0.6 is 0 Å². The molecule has 1 aromatic rings. The van der Waals surface area contributed by atoms with Gasteiger partial charge in [0.1, 0.15) is 0 Å². The van der Waals surface area contributed by atoms with E-state index in [0.717, 1.165) is 30.8 Å². The van der Waals surface area contributed by atoms with Crippen LogP contribution in [0, 0.1) is 0 Å². The summed E-state index contributed by atoms with van der Waals surface area (Å²) >= 11 is 0. The third-order valence-electron chi connectivity index (χ3n) is 4.04. The number of rotatable bonds is 5. The van der Waals surface area contributed by atoms with Crippen molar-refractivity contribution in [3.63, 3.8) is 0 Å². The molecule has 18 heavy (non-hydrogen) atoms. The molecule has 1 aromatic heterocycles. The van der Waals surface area contributed by atoms with Gasteiger partial charge in [0.25, 0.3) is 0 Å². The van der Waals surface area contributed by atoms with Crippen LogP contribution in [0.25, 0.3) is 0 Å². The lowest BCUT2D eigenvalue weighted by molar-refractivity contribution is 0.392. The first kappa shape index (κ1) is 12.2. The Hall–Kier alpha value is -0.900. The largest absolute Gasteiger partial charge is 0.425 e. The summed E-state index contributed by atoms with van der Waals surface area (Å²) < 4.78 is 5.82. The second-order valence-electron chi connectivity index (χ2n) is 5.70. The molecular formula is C14H23N3O. The van der Waals surface area contributed by atoms with Gasteiger partial charge in [0.2, 0.25) is 11.8 Å². The van der Waals surface area contributed by atoms with Crippen LogP contribution in [0.4, 0.5) is 0 Å². The van der Waals surface area contributed by atoms with Gasteiger partial charge in [-0.3, -0.25) is 0 Å². The van der Waals surface area contributed by atoms with Crippen molar-refractivity contribution in [2.45, 2.75) is 69.7 Å². The molecule has 1 N–H and O–H groups in total. The molecule has 100 valence electrons. The first-order valence-electron chi connectivity index (χ1n) is 7.47. The third-order valence-corrected chi connectivity index (χ3v) is 4.04. The fourth-order valence-corrected chi connectivity index (χ4v) is 2.73. The molecule has 0 radical (unpaired) electrons. The first-order chi connectivity index (χ1) is 8.92. The SMILES string of the molecule is C1CCCC(c2nnc(CCNC3CC3)o2)CC1. The molecule has 2 aliphatic carbocycles. The predicted octanol–water partition coefficient (Wildman–Crippen LogP) is 2.80. The Kier molecular flexibility index (Phi) is 3.93. The van der Waals surface area contributed by atoms with Gasteiger partial charge in [0.15, 0.2) is 0 Å². The Labute approximate surface area is 109 Å². The van der Waals surface area contributed by atoms with E-state index in [9.17, 15) is 0 Å². The number of nitrogens with one attached hydrogen (secondary N) is 1. The van der Waals surface area contributed by atoms with Crippen LogP contribution in [-0.2, 0) is 6.42 Å². The quantitative estimate of drug-likeness (QED) is 0.815. The van der Waals surface area contributed by atoms with E-state index in [-0.39, 0.29) is 0 Å². The zero-order valence-electron chi connectivity index (χ0n) is 11.0. The maximum atomic E-state index is 5.82. The van der Waals surface area contributed by atoms with Crippen molar-refractivity contribution in [2.75, 3.05) is 6.54 Å². The van der Waals surface area contributed by atoms with Crippen LogP contribution in [0.5, 0.6) is 0 Å². The van der Waals surface area contributed by atoms with E-state index in [1.165, 1.54) is 51.4 Å². The Balaban J connectivity index is 1.50. The fourth-order valence-electron chi connectivity index (χ4n) is 2.73. The summed E-state index contributed by atoms with van der Waals surface area (Å²) in [5.41, 5.74) is 0. The summed E-state index contributed by atoms with van der Waals surface area (Å²) in [6.45, 7) is 0.969. The van der Waals surface area contributed by atoms with Crippen molar-refractivity contribution >= 4 is 0 Å². The summed E-state index contributed by atoms with van der Waals surface area (Å²) in [4.78, 5) is 0. The molecule has 0 bridgehead atoms. The van der Waals surface area contributed by atoms with Gasteiger partial charge in [0.05, 0.1) is 0 Å². The zero-order valence-corrected chi connectivity index (χ0v) is 11.0. The van der Waals surface area contributed by atoms with Crippen molar-refractivity contribution in [1.82, 2.24) is 15.5 Å². The highest BCUT2D eigenvalue weighted by Crippen LogP contribution is 2.30. The molecule has 3 rings (SSSR count). The topological polar surface area (TPSA) is 51.0 Å². The molecule has 2 aliphatic rings. The standard InChI is InChI=1S/C14H23N3O/c1-2-4-6-11(5-3-1)14-17-16-13(18-14)9-10-15-12-7-8-12/h11-12,15H,1-10H2. The van der Waals surface area contributed by atoms with Gasteiger partial charge in [-0.25, -0.2) is 0 Å². The highest BCUT2D eigenvalue weighted by molar-refractivity contribution is 4.93. The normalized spacial score (nSPS) is 22.0. The number of nitrogens with zero attached hydrogens (tertiary/aromatic N) is 2. The van der Waals surface area contributed by atoms with Crippen LogP contribution in [0.2, 0.25) is 0 Å². The maximum Gasteiger partial charge on any atom is 0.219 e. The van der Waals surface area contributed by atoms with Gasteiger partial charge < -0.3 is 9.73 Å². The lowest BCUT2D eigenvalue weighted by atomic mass is 10.0. The van der Waals surface area contributed by atoms with E-state index in [4.69, 9.17) is 4.42 Å². The van der Waals surface area contributed by atoms with Crippen LogP contribution < -0.4 is 5.32 Å². The monoisotopic (exact) mass is 249 g/mol.